The maximum absolute atomic E-state index is 11.8. The van der Waals surface area contributed by atoms with Crippen molar-refractivity contribution in [3.63, 3.8) is 0 Å². The third-order valence-corrected chi connectivity index (χ3v) is 3.82. The number of nitrogens with two attached hydrogens (primary N) is 1. The smallest absolute Gasteiger partial charge is 0.242 e. The fourth-order valence-corrected chi connectivity index (χ4v) is 2.54. The highest BCUT2D eigenvalue weighted by Gasteiger charge is 2.18. The lowest BCUT2D eigenvalue weighted by molar-refractivity contribution is -0.122. The molecule has 112 valence electrons. The van der Waals surface area contributed by atoms with E-state index < -0.39 is 15.9 Å². The predicted octanol–water partition coefficient (Wildman–Crippen LogP) is 0.997. The van der Waals surface area contributed by atoms with E-state index in [4.69, 9.17) is 5.73 Å². The summed E-state index contributed by atoms with van der Waals surface area (Å²) in [4.78, 5) is 11.9. The molecule has 1 unspecified atom stereocenters. The SMILES string of the molecule is CC(C)NC(=O)C(C)Nc1cccc(S(C)(=O)=O)c1N. The van der Waals surface area contributed by atoms with Crippen molar-refractivity contribution in [3.8, 4) is 0 Å². The molecule has 0 fully saturated rings. The van der Waals surface area contributed by atoms with Crippen LogP contribution in [0.3, 0.4) is 0 Å². The molecule has 0 aliphatic carbocycles. The summed E-state index contributed by atoms with van der Waals surface area (Å²) in [6, 6.07) is 4.18. The van der Waals surface area contributed by atoms with E-state index in [1.54, 1.807) is 19.1 Å². The van der Waals surface area contributed by atoms with E-state index in [0.717, 1.165) is 6.26 Å². The average molecular weight is 299 g/mol. The second-order valence-corrected chi connectivity index (χ2v) is 7.00. The summed E-state index contributed by atoms with van der Waals surface area (Å²) < 4.78 is 23.2. The molecule has 1 amide bonds. The molecule has 1 aromatic rings. The van der Waals surface area contributed by atoms with E-state index in [2.05, 4.69) is 10.6 Å². The number of nitrogen functional groups attached to an aromatic ring is 1. The first-order valence-corrected chi connectivity index (χ1v) is 8.17. The van der Waals surface area contributed by atoms with Crippen LogP contribution in [0.5, 0.6) is 0 Å². The van der Waals surface area contributed by atoms with E-state index in [-0.39, 0.29) is 22.5 Å². The molecule has 0 aliphatic rings. The highest BCUT2D eigenvalue weighted by molar-refractivity contribution is 7.90. The van der Waals surface area contributed by atoms with Crippen molar-refractivity contribution in [2.45, 2.75) is 37.8 Å². The lowest BCUT2D eigenvalue weighted by Crippen LogP contribution is -2.41. The quantitative estimate of drug-likeness (QED) is 0.704. The van der Waals surface area contributed by atoms with E-state index in [1.807, 2.05) is 13.8 Å². The molecule has 0 heterocycles. The maximum Gasteiger partial charge on any atom is 0.242 e. The Hall–Kier alpha value is -1.76. The van der Waals surface area contributed by atoms with Gasteiger partial charge < -0.3 is 16.4 Å². The second kappa shape index (κ2) is 6.13. The molecule has 0 saturated heterocycles. The molecule has 0 bridgehead atoms. The number of hydrogen-bond donors (Lipinski definition) is 3. The van der Waals surface area contributed by atoms with Crippen LogP contribution in [0.25, 0.3) is 0 Å². The zero-order valence-electron chi connectivity index (χ0n) is 12.1. The zero-order valence-corrected chi connectivity index (χ0v) is 12.9. The Morgan fingerprint density at radius 3 is 2.35 bits per heavy atom. The monoisotopic (exact) mass is 299 g/mol. The van der Waals surface area contributed by atoms with Gasteiger partial charge in [0, 0.05) is 12.3 Å². The normalized spacial score (nSPS) is 13.1. The number of anilines is 2. The Labute approximate surface area is 119 Å². The van der Waals surface area contributed by atoms with E-state index in [0.29, 0.717) is 5.69 Å². The Morgan fingerprint density at radius 1 is 1.25 bits per heavy atom. The van der Waals surface area contributed by atoms with Gasteiger partial charge in [0.2, 0.25) is 5.91 Å². The van der Waals surface area contributed by atoms with Crippen molar-refractivity contribution < 1.29 is 13.2 Å². The molecule has 1 aromatic carbocycles. The molecular weight excluding hydrogens is 278 g/mol. The minimum Gasteiger partial charge on any atom is -0.396 e. The highest BCUT2D eigenvalue weighted by atomic mass is 32.2. The summed E-state index contributed by atoms with van der Waals surface area (Å²) in [5, 5.41) is 5.69. The van der Waals surface area contributed by atoms with Crippen LogP contribution < -0.4 is 16.4 Å². The lowest BCUT2D eigenvalue weighted by Gasteiger charge is -2.19. The molecule has 7 heteroatoms. The predicted molar refractivity (Wildman–Crippen MR) is 80.3 cm³/mol. The molecule has 0 aliphatic heterocycles. The summed E-state index contributed by atoms with van der Waals surface area (Å²) in [5.41, 5.74) is 6.40. The molecule has 0 aromatic heterocycles. The van der Waals surface area contributed by atoms with Gasteiger partial charge in [-0.05, 0) is 32.9 Å². The first kappa shape index (κ1) is 16.3. The van der Waals surface area contributed by atoms with Crippen molar-refractivity contribution in [2.75, 3.05) is 17.3 Å². The number of carbonyl (C=O) groups is 1. The highest BCUT2D eigenvalue weighted by Crippen LogP contribution is 2.27. The van der Waals surface area contributed by atoms with Crippen molar-refractivity contribution in [1.29, 1.82) is 0 Å². The van der Waals surface area contributed by atoms with Crippen LogP contribution in [0.1, 0.15) is 20.8 Å². The van der Waals surface area contributed by atoms with Gasteiger partial charge in [-0.1, -0.05) is 6.07 Å². The molecular formula is C13H21N3O3S. The van der Waals surface area contributed by atoms with Crippen LogP contribution >= 0.6 is 0 Å². The summed E-state index contributed by atoms with van der Waals surface area (Å²) in [6.45, 7) is 5.41. The molecule has 6 nitrogen and oxygen atoms in total. The number of hydrogen-bond acceptors (Lipinski definition) is 5. The summed E-state index contributed by atoms with van der Waals surface area (Å²) >= 11 is 0. The van der Waals surface area contributed by atoms with Crippen LogP contribution in [0.15, 0.2) is 23.1 Å². The largest absolute Gasteiger partial charge is 0.396 e. The number of benzene rings is 1. The molecule has 0 radical (unpaired) electrons. The second-order valence-electron chi connectivity index (χ2n) is 5.02. The van der Waals surface area contributed by atoms with Gasteiger partial charge in [-0.25, -0.2) is 8.42 Å². The molecule has 1 rings (SSSR count). The number of para-hydroxylation sites is 1. The van der Waals surface area contributed by atoms with Gasteiger partial charge in [0.05, 0.1) is 16.3 Å². The standard InChI is InChI=1S/C13H21N3O3S/c1-8(2)15-13(17)9(3)16-10-6-5-7-11(12(10)14)20(4,18)19/h5-9,16H,14H2,1-4H3,(H,15,17). The number of sulfone groups is 1. The van der Waals surface area contributed by atoms with Gasteiger partial charge in [-0.15, -0.1) is 0 Å². The Balaban J connectivity index is 2.97. The van der Waals surface area contributed by atoms with E-state index >= 15 is 0 Å². The lowest BCUT2D eigenvalue weighted by atomic mass is 10.2. The van der Waals surface area contributed by atoms with Crippen LogP contribution in [-0.2, 0) is 14.6 Å². The van der Waals surface area contributed by atoms with Gasteiger partial charge >= 0.3 is 0 Å². The fraction of sp³-hybridized carbons (Fsp3) is 0.462. The molecule has 1 atom stereocenters. The summed E-state index contributed by atoms with van der Waals surface area (Å²) in [6.07, 6.45) is 1.09. The fourth-order valence-electron chi connectivity index (χ4n) is 1.70. The first-order valence-electron chi connectivity index (χ1n) is 6.28. The number of nitrogens with one attached hydrogen (secondary N) is 2. The van der Waals surface area contributed by atoms with E-state index in [1.165, 1.54) is 6.07 Å². The van der Waals surface area contributed by atoms with Crippen LogP contribution in [0.4, 0.5) is 11.4 Å². The van der Waals surface area contributed by atoms with Gasteiger partial charge in [-0.2, -0.15) is 0 Å². The average Bonchev–Trinajstić information content (AvgIpc) is 2.29. The van der Waals surface area contributed by atoms with E-state index in [9.17, 15) is 13.2 Å². The summed E-state index contributed by atoms with van der Waals surface area (Å²) in [7, 11) is -3.40. The third-order valence-electron chi connectivity index (χ3n) is 2.66. The Morgan fingerprint density at radius 2 is 1.85 bits per heavy atom. The zero-order chi connectivity index (χ0) is 15.5. The van der Waals surface area contributed by atoms with Crippen molar-refractivity contribution in [3.05, 3.63) is 18.2 Å². The van der Waals surface area contributed by atoms with Crippen LogP contribution in [0, 0.1) is 0 Å². The minimum atomic E-state index is -3.40. The van der Waals surface area contributed by atoms with Crippen LogP contribution in [-0.4, -0.2) is 32.7 Å². The first-order chi connectivity index (χ1) is 9.12. The van der Waals surface area contributed by atoms with Crippen molar-refractivity contribution >= 4 is 27.1 Å². The summed E-state index contributed by atoms with van der Waals surface area (Å²) in [5.74, 6) is -0.177. The van der Waals surface area contributed by atoms with Crippen molar-refractivity contribution in [2.24, 2.45) is 0 Å². The molecule has 20 heavy (non-hydrogen) atoms. The third kappa shape index (κ3) is 4.12. The van der Waals surface area contributed by atoms with Gasteiger partial charge in [0.25, 0.3) is 0 Å². The minimum absolute atomic E-state index is 0.0338. The van der Waals surface area contributed by atoms with Crippen molar-refractivity contribution in [1.82, 2.24) is 5.32 Å². The van der Waals surface area contributed by atoms with Crippen LogP contribution in [0.2, 0.25) is 0 Å². The number of amides is 1. The van der Waals surface area contributed by atoms with Gasteiger partial charge in [0.15, 0.2) is 9.84 Å². The number of rotatable bonds is 5. The number of carbonyl (C=O) groups excluding carboxylic acids is 1. The topological polar surface area (TPSA) is 101 Å². The van der Waals surface area contributed by atoms with Gasteiger partial charge in [0.1, 0.15) is 6.04 Å². The molecule has 4 N–H and O–H groups in total. The Kier molecular flexibility index (Phi) is 4.99. The Bertz CT molecular complexity index is 597. The molecule has 0 saturated carbocycles. The molecule has 0 spiro atoms. The van der Waals surface area contributed by atoms with Gasteiger partial charge in [-0.3, -0.25) is 4.79 Å². The maximum atomic E-state index is 11.8.